The molecule has 1 spiro atoms. The van der Waals surface area contributed by atoms with Gasteiger partial charge in [-0.15, -0.1) is 0 Å². The molecule has 136 valence electrons. The lowest BCUT2D eigenvalue weighted by atomic mass is 9.76. The smallest absolute Gasteiger partial charge is 0.326 e. The Hall–Kier alpha value is -1.95. The minimum absolute atomic E-state index is 0.0950. The second kappa shape index (κ2) is 6.75. The average molecular weight is 348 g/mol. The molecule has 3 rings (SSSR count). The summed E-state index contributed by atoms with van der Waals surface area (Å²) in [7, 11) is 0. The molecule has 1 aromatic carbocycles. The molecule has 6 heteroatoms. The maximum absolute atomic E-state index is 13.7. The van der Waals surface area contributed by atoms with Crippen molar-refractivity contribution in [3.05, 3.63) is 35.1 Å². The molecule has 1 atom stereocenters. The Kier molecular flexibility index (Phi) is 4.82. The van der Waals surface area contributed by atoms with Crippen molar-refractivity contribution in [2.75, 3.05) is 19.6 Å². The summed E-state index contributed by atoms with van der Waals surface area (Å²) in [5, 5.41) is 9.41. The Morgan fingerprint density at radius 1 is 1.32 bits per heavy atom. The van der Waals surface area contributed by atoms with Crippen molar-refractivity contribution in [1.82, 2.24) is 9.80 Å². The zero-order chi connectivity index (χ0) is 18.2. The molecular weight excluding hydrogens is 323 g/mol. The predicted molar refractivity (Wildman–Crippen MR) is 91.5 cm³/mol. The normalized spacial score (nSPS) is 23.2. The first kappa shape index (κ1) is 17.9. The molecule has 1 aromatic rings. The number of carboxylic acid groups (broad SMARTS) is 1. The van der Waals surface area contributed by atoms with Gasteiger partial charge in [0.2, 0.25) is 5.91 Å². The zero-order valence-corrected chi connectivity index (χ0v) is 14.8. The van der Waals surface area contributed by atoms with E-state index in [0.717, 1.165) is 31.5 Å². The molecule has 0 unspecified atom stereocenters. The number of halogens is 1. The van der Waals surface area contributed by atoms with Gasteiger partial charge in [-0.25, -0.2) is 9.18 Å². The van der Waals surface area contributed by atoms with Crippen LogP contribution in [-0.2, 0) is 16.1 Å². The molecule has 2 heterocycles. The molecular formula is C19H25FN2O3. The van der Waals surface area contributed by atoms with Crippen molar-refractivity contribution in [3.8, 4) is 0 Å². The fourth-order valence-electron chi connectivity index (χ4n) is 4.22. The quantitative estimate of drug-likeness (QED) is 0.911. The fourth-order valence-corrected chi connectivity index (χ4v) is 4.22. The lowest BCUT2D eigenvalue weighted by molar-refractivity contribution is -0.147. The summed E-state index contributed by atoms with van der Waals surface area (Å²) in [6.45, 7) is 6.17. The van der Waals surface area contributed by atoms with Crippen LogP contribution in [0, 0.1) is 18.2 Å². The third-order valence-corrected chi connectivity index (χ3v) is 5.89. The Balaban J connectivity index is 1.65. The van der Waals surface area contributed by atoms with Crippen LogP contribution in [-0.4, -0.2) is 52.5 Å². The number of amides is 1. The van der Waals surface area contributed by atoms with Crippen LogP contribution in [0.3, 0.4) is 0 Å². The Morgan fingerprint density at radius 3 is 2.56 bits per heavy atom. The number of nitrogens with zero attached hydrogens (tertiary/aromatic N) is 2. The molecule has 2 fully saturated rings. The number of hydrogen-bond donors (Lipinski definition) is 1. The maximum Gasteiger partial charge on any atom is 0.326 e. The highest BCUT2D eigenvalue weighted by atomic mass is 19.1. The van der Waals surface area contributed by atoms with Gasteiger partial charge in [-0.3, -0.25) is 9.69 Å². The van der Waals surface area contributed by atoms with Gasteiger partial charge in [-0.2, -0.15) is 0 Å². The topological polar surface area (TPSA) is 60.9 Å². The summed E-state index contributed by atoms with van der Waals surface area (Å²) in [5.41, 5.74) is 1.59. The van der Waals surface area contributed by atoms with Crippen molar-refractivity contribution >= 4 is 11.9 Å². The monoisotopic (exact) mass is 348 g/mol. The van der Waals surface area contributed by atoms with E-state index in [1.54, 1.807) is 13.0 Å². The van der Waals surface area contributed by atoms with Crippen LogP contribution >= 0.6 is 0 Å². The molecule has 1 N–H and O–H groups in total. The lowest BCUT2D eigenvalue weighted by Gasteiger charge is -2.39. The number of piperidine rings is 1. The van der Waals surface area contributed by atoms with E-state index in [1.807, 2.05) is 6.07 Å². The van der Waals surface area contributed by atoms with Crippen molar-refractivity contribution < 1.29 is 19.1 Å². The van der Waals surface area contributed by atoms with Gasteiger partial charge in [-0.1, -0.05) is 12.1 Å². The molecule has 5 nitrogen and oxygen atoms in total. The minimum atomic E-state index is -0.912. The Labute approximate surface area is 147 Å². The number of likely N-dealkylation sites (tertiary alicyclic amines) is 2. The first-order valence-electron chi connectivity index (χ1n) is 8.78. The highest BCUT2D eigenvalue weighted by Gasteiger charge is 2.49. The molecule has 1 amide bonds. The Bertz CT molecular complexity index is 659. The van der Waals surface area contributed by atoms with E-state index in [9.17, 15) is 19.1 Å². The van der Waals surface area contributed by atoms with E-state index >= 15 is 0 Å². The predicted octanol–water partition coefficient (Wildman–Crippen LogP) is 2.42. The summed E-state index contributed by atoms with van der Waals surface area (Å²) >= 11 is 0. The maximum atomic E-state index is 13.7. The van der Waals surface area contributed by atoms with E-state index in [0.29, 0.717) is 25.1 Å². The Morgan fingerprint density at radius 2 is 2.00 bits per heavy atom. The first-order valence-corrected chi connectivity index (χ1v) is 8.78. The molecule has 0 aromatic heterocycles. The van der Waals surface area contributed by atoms with Crippen LogP contribution in [0.4, 0.5) is 4.39 Å². The molecule has 25 heavy (non-hydrogen) atoms. The van der Waals surface area contributed by atoms with Gasteiger partial charge in [0.1, 0.15) is 11.9 Å². The van der Waals surface area contributed by atoms with Crippen LogP contribution in [0.15, 0.2) is 18.2 Å². The molecule has 2 aliphatic heterocycles. The number of carbonyl (C=O) groups excluding carboxylic acids is 1. The highest BCUT2D eigenvalue weighted by Crippen LogP contribution is 2.43. The second-order valence-corrected chi connectivity index (χ2v) is 7.51. The molecule has 2 aliphatic rings. The van der Waals surface area contributed by atoms with E-state index in [4.69, 9.17) is 0 Å². The third-order valence-electron chi connectivity index (χ3n) is 5.89. The van der Waals surface area contributed by atoms with Gasteiger partial charge in [-0.05, 0) is 61.9 Å². The van der Waals surface area contributed by atoms with Crippen LogP contribution in [0.5, 0.6) is 0 Å². The van der Waals surface area contributed by atoms with Crippen molar-refractivity contribution in [1.29, 1.82) is 0 Å². The van der Waals surface area contributed by atoms with Crippen LogP contribution < -0.4 is 0 Å². The van der Waals surface area contributed by atoms with Gasteiger partial charge >= 0.3 is 5.97 Å². The lowest BCUT2D eigenvalue weighted by Crippen LogP contribution is -2.42. The first-order chi connectivity index (χ1) is 11.8. The number of rotatable bonds is 3. The number of carboxylic acids is 1. The van der Waals surface area contributed by atoms with E-state index < -0.39 is 12.0 Å². The fraction of sp³-hybridized carbons (Fsp3) is 0.579. The number of aliphatic carboxylic acids is 1. The van der Waals surface area contributed by atoms with Gasteiger partial charge < -0.3 is 10.0 Å². The van der Waals surface area contributed by atoms with E-state index in [2.05, 4.69) is 4.90 Å². The standard InChI is InChI=1S/C19H25FN2O3/c1-13-15(4-3-5-16(13)20)11-21-8-6-19(7-9-21)10-17(18(24)25)22(12-19)14(2)23/h3-5,17H,6-12H2,1-2H3,(H,24,25)/t17-/m1/s1. The minimum Gasteiger partial charge on any atom is -0.480 e. The summed E-state index contributed by atoms with van der Waals surface area (Å²) in [6.07, 6.45) is 2.28. The SMILES string of the molecule is CC(=O)N1CC2(CCN(Cc3cccc(F)c3C)CC2)C[C@@H]1C(=O)O. The summed E-state index contributed by atoms with van der Waals surface area (Å²) < 4.78 is 13.7. The van der Waals surface area contributed by atoms with Crippen molar-refractivity contribution in [2.24, 2.45) is 5.41 Å². The van der Waals surface area contributed by atoms with Gasteiger partial charge in [0.25, 0.3) is 0 Å². The van der Waals surface area contributed by atoms with Crippen LogP contribution in [0.2, 0.25) is 0 Å². The largest absolute Gasteiger partial charge is 0.480 e. The van der Waals surface area contributed by atoms with Crippen molar-refractivity contribution in [3.63, 3.8) is 0 Å². The van der Waals surface area contributed by atoms with Crippen molar-refractivity contribution in [2.45, 2.75) is 45.7 Å². The van der Waals surface area contributed by atoms with E-state index in [-0.39, 0.29) is 17.1 Å². The molecule has 0 saturated carbocycles. The zero-order valence-electron chi connectivity index (χ0n) is 14.8. The van der Waals surface area contributed by atoms with E-state index in [1.165, 1.54) is 17.9 Å². The number of hydrogen-bond acceptors (Lipinski definition) is 3. The summed E-state index contributed by atoms with van der Waals surface area (Å²) in [6, 6.07) is 4.47. The van der Waals surface area contributed by atoms with Gasteiger partial charge in [0.05, 0.1) is 0 Å². The van der Waals surface area contributed by atoms with Gasteiger partial charge in [0.15, 0.2) is 0 Å². The van der Waals surface area contributed by atoms with Crippen LogP contribution in [0.1, 0.15) is 37.3 Å². The number of carbonyl (C=O) groups is 2. The number of benzene rings is 1. The van der Waals surface area contributed by atoms with Gasteiger partial charge in [0, 0.05) is 20.0 Å². The summed E-state index contributed by atoms with van der Waals surface area (Å²) in [4.78, 5) is 27.1. The second-order valence-electron chi connectivity index (χ2n) is 7.51. The average Bonchev–Trinajstić information content (AvgIpc) is 2.94. The van der Waals surface area contributed by atoms with Crippen LogP contribution in [0.25, 0.3) is 0 Å². The molecule has 0 aliphatic carbocycles. The third kappa shape index (κ3) is 3.54. The summed E-state index contributed by atoms with van der Waals surface area (Å²) in [5.74, 6) is -1.25. The molecule has 2 saturated heterocycles. The highest BCUT2D eigenvalue weighted by molar-refractivity contribution is 5.83. The molecule has 0 radical (unpaired) electrons. The molecule has 0 bridgehead atoms.